The van der Waals surface area contributed by atoms with Crippen molar-refractivity contribution < 1.29 is 19.2 Å². The number of anilines is 1. The lowest BCUT2D eigenvalue weighted by molar-refractivity contribution is -0.384. The minimum Gasteiger partial charge on any atom is -0.444 e. The molecular weight excluding hydrogens is 384 g/mol. The Labute approximate surface area is 173 Å². The van der Waals surface area contributed by atoms with E-state index < -0.39 is 22.9 Å². The number of carbonyl (C=O) groups is 2. The fraction of sp³-hybridized carbons (Fsp3) is 0.130. The molecule has 0 aliphatic heterocycles. The van der Waals surface area contributed by atoms with Gasteiger partial charge < -0.3 is 10.1 Å². The summed E-state index contributed by atoms with van der Waals surface area (Å²) < 4.78 is 5.50. The highest BCUT2D eigenvalue weighted by atomic mass is 16.6. The van der Waals surface area contributed by atoms with Crippen molar-refractivity contribution in [3.05, 3.63) is 105 Å². The van der Waals surface area contributed by atoms with Gasteiger partial charge in [-0.25, -0.2) is 4.79 Å². The summed E-state index contributed by atoms with van der Waals surface area (Å²) in [7, 11) is 0. The first-order valence-corrected chi connectivity index (χ1v) is 9.23. The number of amides is 1. The van der Waals surface area contributed by atoms with Crippen LogP contribution in [-0.4, -0.2) is 16.8 Å². The Balaban J connectivity index is 1.89. The molecule has 0 aromatic heterocycles. The Hall–Kier alpha value is -4.00. The van der Waals surface area contributed by atoms with Crippen LogP contribution in [0.5, 0.6) is 0 Å². The Morgan fingerprint density at radius 2 is 1.57 bits per heavy atom. The summed E-state index contributed by atoms with van der Waals surface area (Å²) in [5.41, 5.74) is 2.21. The van der Waals surface area contributed by atoms with Crippen LogP contribution in [0.25, 0.3) is 0 Å². The topological polar surface area (TPSA) is 98.5 Å². The molecule has 0 aliphatic carbocycles. The standard InChI is InChI=1S/C23H20N2O5/c1-15-8-11-18(12-9-15)23(27)30-21(17-6-4-3-5-7-17)22(26)24-19-13-10-16(2)14-20(19)25(28)29/h3-14,21H,1-2H3,(H,24,26)/t21-/m0/s1. The van der Waals surface area contributed by atoms with E-state index in [9.17, 15) is 19.7 Å². The van der Waals surface area contributed by atoms with E-state index in [1.165, 1.54) is 12.1 Å². The average molecular weight is 404 g/mol. The normalized spacial score (nSPS) is 11.4. The second-order valence-corrected chi connectivity index (χ2v) is 6.83. The van der Waals surface area contributed by atoms with E-state index in [-0.39, 0.29) is 11.4 Å². The van der Waals surface area contributed by atoms with Crippen LogP contribution in [0, 0.1) is 24.0 Å². The highest BCUT2D eigenvalue weighted by Crippen LogP contribution is 2.28. The zero-order valence-corrected chi connectivity index (χ0v) is 16.5. The van der Waals surface area contributed by atoms with E-state index in [2.05, 4.69) is 5.32 Å². The van der Waals surface area contributed by atoms with Crippen molar-refractivity contribution in [2.75, 3.05) is 5.32 Å². The average Bonchev–Trinajstić information content (AvgIpc) is 2.74. The Bertz CT molecular complexity index is 1080. The Kier molecular flexibility index (Phi) is 6.22. The Morgan fingerprint density at radius 3 is 2.20 bits per heavy atom. The number of hydrogen-bond donors (Lipinski definition) is 1. The lowest BCUT2D eigenvalue weighted by Crippen LogP contribution is -2.26. The third kappa shape index (κ3) is 4.88. The molecule has 30 heavy (non-hydrogen) atoms. The molecule has 0 spiro atoms. The lowest BCUT2D eigenvalue weighted by Gasteiger charge is -2.18. The number of esters is 1. The second kappa shape index (κ2) is 9.00. The molecule has 0 saturated heterocycles. The number of ether oxygens (including phenoxy) is 1. The van der Waals surface area contributed by atoms with Crippen LogP contribution in [0.1, 0.15) is 33.2 Å². The molecule has 0 radical (unpaired) electrons. The van der Waals surface area contributed by atoms with Crippen molar-refractivity contribution in [3.8, 4) is 0 Å². The number of benzene rings is 3. The van der Waals surface area contributed by atoms with Crippen molar-refractivity contribution in [1.29, 1.82) is 0 Å². The minimum absolute atomic E-state index is 0.0305. The summed E-state index contributed by atoms with van der Waals surface area (Å²) in [5.74, 6) is -1.36. The van der Waals surface area contributed by atoms with Crippen LogP contribution in [-0.2, 0) is 9.53 Å². The molecule has 1 amide bonds. The monoisotopic (exact) mass is 404 g/mol. The fourth-order valence-electron chi connectivity index (χ4n) is 2.86. The molecular formula is C23H20N2O5. The van der Waals surface area contributed by atoms with Crippen LogP contribution in [0.15, 0.2) is 72.8 Å². The number of nitrogens with zero attached hydrogens (tertiary/aromatic N) is 1. The molecule has 0 unspecified atom stereocenters. The van der Waals surface area contributed by atoms with Gasteiger partial charge >= 0.3 is 5.97 Å². The molecule has 3 aromatic carbocycles. The van der Waals surface area contributed by atoms with Gasteiger partial charge in [0.1, 0.15) is 5.69 Å². The first-order chi connectivity index (χ1) is 14.3. The predicted octanol–water partition coefficient (Wildman–Crippen LogP) is 4.75. The maximum atomic E-state index is 13.0. The summed E-state index contributed by atoms with van der Waals surface area (Å²) in [5, 5.41) is 13.9. The van der Waals surface area contributed by atoms with E-state index in [0.717, 1.165) is 5.56 Å². The summed E-state index contributed by atoms with van der Waals surface area (Å²) in [6, 6.07) is 19.7. The molecule has 0 bridgehead atoms. The molecule has 0 heterocycles. The van der Waals surface area contributed by atoms with Gasteiger partial charge in [-0.05, 0) is 37.6 Å². The molecule has 7 heteroatoms. The van der Waals surface area contributed by atoms with Crippen molar-refractivity contribution in [3.63, 3.8) is 0 Å². The van der Waals surface area contributed by atoms with E-state index in [1.54, 1.807) is 67.6 Å². The van der Waals surface area contributed by atoms with Gasteiger partial charge in [0.15, 0.2) is 0 Å². The van der Waals surface area contributed by atoms with Gasteiger partial charge in [-0.3, -0.25) is 14.9 Å². The summed E-state index contributed by atoms with van der Waals surface area (Å²) in [6.45, 7) is 3.61. The number of nitro benzene ring substituents is 1. The van der Waals surface area contributed by atoms with Crippen molar-refractivity contribution in [1.82, 2.24) is 0 Å². The first-order valence-electron chi connectivity index (χ1n) is 9.23. The van der Waals surface area contributed by atoms with Gasteiger partial charge in [0.05, 0.1) is 10.5 Å². The van der Waals surface area contributed by atoms with Crippen LogP contribution < -0.4 is 5.32 Å². The van der Waals surface area contributed by atoms with Crippen molar-refractivity contribution in [2.45, 2.75) is 20.0 Å². The van der Waals surface area contributed by atoms with Crippen LogP contribution >= 0.6 is 0 Å². The van der Waals surface area contributed by atoms with Gasteiger partial charge in [0.2, 0.25) is 6.10 Å². The summed E-state index contributed by atoms with van der Waals surface area (Å²) in [6.07, 6.45) is -1.28. The quantitative estimate of drug-likeness (QED) is 0.363. The minimum atomic E-state index is -1.28. The SMILES string of the molecule is Cc1ccc(C(=O)O[C@H](C(=O)Nc2ccc(C)cc2[N+](=O)[O-])c2ccccc2)cc1. The maximum Gasteiger partial charge on any atom is 0.339 e. The number of nitrogens with one attached hydrogen (secondary N) is 1. The zero-order valence-electron chi connectivity index (χ0n) is 16.5. The predicted molar refractivity (Wildman–Crippen MR) is 112 cm³/mol. The van der Waals surface area contributed by atoms with Crippen LogP contribution in [0.4, 0.5) is 11.4 Å². The largest absolute Gasteiger partial charge is 0.444 e. The third-order valence-electron chi connectivity index (χ3n) is 4.46. The number of nitro groups is 1. The molecule has 7 nitrogen and oxygen atoms in total. The summed E-state index contributed by atoms with van der Waals surface area (Å²) >= 11 is 0. The first kappa shape index (κ1) is 20.7. The summed E-state index contributed by atoms with van der Waals surface area (Å²) in [4.78, 5) is 36.4. The van der Waals surface area contributed by atoms with Crippen molar-refractivity contribution in [2.24, 2.45) is 0 Å². The van der Waals surface area contributed by atoms with Gasteiger partial charge in [-0.15, -0.1) is 0 Å². The number of aryl methyl sites for hydroxylation is 2. The van der Waals surface area contributed by atoms with Gasteiger partial charge in [0, 0.05) is 11.6 Å². The Morgan fingerprint density at radius 1 is 0.933 bits per heavy atom. The molecule has 0 fully saturated rings. The van der Waals surface area contributed by atoms with Gasteiger partial charge in [-0.1, -0.05) is 54.1 Å². The molecule has 152 valence electrons. The second-order valence-electron chi connectivity index (χ2n) is 6.83. The molecule has 1 N–H and O–H groups in total. The molecule has 0 aliphatic rings. The highest BCUT2D eigenvalue weighted by Gasteiger charge is 2.27. The fourth-order valence-corrected chi connectivity index (χ4v) is 2.86. The van der Waals surface area contributed by atoms with Gasteiger partial charge in [-0.2, -0.15) is 0 Å². The van der Waals surface area contributed by atoms with Crippen LogP contribution in [0.2, 0.25) is 0 Å². The lowest BCUT2D eigenvalue weighted by atomic mass is 10.1. The molecule has 1 atom stereocenters. The third-order valence-corrected chi connectivity index (χ3v) is 4.46. The smallest absolute Gasteiger partial charge is 0.339 e. The maximum absolute atomic E-state index is 13.0. The molecule has 0 saturated carbocycles. The van der Waals surface area contributed by atoms with Crippen molar-refractivity contribution >= 4 is 23.3 Å². The number of hydrogen-bond acceptors (Lipinski definition) is 5. The number of rotatable bonds is 6. The highest BCUT2D eigenvalue weighted by molar-refractivity contribution is 5.99. The molecule has 3 aromatic rings. The molecule has 3 rings (SSSR count). The van der Waals surface area contributed by atoms with E-state index >= 15 is 0 Å². The van der Waals surface area contributed by atoms with E-state index in [0.29, 0.717) is 16.7 Å². The van der Waals surface area contributed by atoms with Crippen LogP contribution in [0.3, 0.4) is 0 Å². The van der Waals surface area contributed by atoms with Gasteiger partial charge in [0.25, 0.3) is 11.6 Å². The van der Waals surface area contributed by atoms with E-state index in [1.807, 2.05) is 6.92 Å². The number of carbonyl (C=O) groups excluding carboxylic acids is 2. The van der Waals surface area contributed by atoms with E-state index in [4.69, 9.17) is 4.74 Å². The zero-order chi connectivity index (χ0) is 21.7.